The first-order chi connectivity index (χ1) is 10.3. The van der Waals surface area contributed by atoms with Crippen LogP contribution in [0.15, 0.2) is 0 Å². The van der Waals surface area contributed by atoms with Crippen LogP contribution in [0, 0.1) is 5.92 Å². The van der Waals surface area contributed by atoms with Gasteiger partial charge in [0.05, 0.1) is 6.61 Å². The standard InChI is InChI=1S/C16H29F3O2S/c1-4-5-10-21-15(20)14(12-13(2)3)22-11-8-6-7-9-16(17,18)19/h13-14H,4-12H2,1-3H3. The Labute approximate surface area is 136 Å². The van der Waals surface area contributed by atoms with Crippen molar-refractivity contribution in [2.75, 3.05) is 12.4 Å². The Morgan fingerprint density at radius 2 is 1.82 bits per heavy atom. The maximum absolute atomic E-state index is 12.0. The summed E-state index contributed by atoms with van der Waals surface area (Å²) in [5.74, 6) is 0.918. The second-order valence-corrected chi connectivity index (χ2v) is 7.25. The molecule has 0 aromatic rings. The summed E-state index contributed by atoms with van der Waals surface area (Å²) in [5.41, 5.74) is 0. The van der Waals surface area contributed by atoms with Crippen molar-refractivity contribution in [2.45, 2.75) is 77.1 Å². The van der Waals surface area contributed by atoms with Crippen molar-refractivity contribution in [3.8, 4) is 0 Å². The molecule has 0 aromatic heterocycles. The molecule has 0 radical (unpaired) electrons. The number of halogens is 3. The molecular weight excluding hydrogens is 313 g/mol. The summed E-state index contributed by atoms with van der Waals surface area (Å²) >= 11 is 1.52. The number of hydrogen-bond donors (Lipinski definition) is 0. The van der Waals surface area contributed by atoms with Crippen LogP contribution in [0.5, 0.6) is 0 Å². The minimum absolute atomic E-state index is 0.167. The average Bonchev–Trinajstić information content (AvgIpc) is 2.39. The van der Waals surface area contributed by atoms with E-state index < -0.39 is 12.6 Å². The Kier molecular flexibility index (Phi) is 11.9. The van der Waals surface area contributed by atoms with Gasteiger partial charge in [-0.1, -0.05) is 33.6 Å². The quantitative estimate of drug-likeness (QED) is 0.341. The predicted octanol–water partition coefficient (Wildman–Crippen LogP) is 5.60. The highest BCUT2D eigenvalue weighted by atomic mass is 32.2. The smallest absolute Gasteiger partial charge is 0.389 e. The highest BCUT2D eigenvalue weighted by molar-refractivity contribution is 8.00. The number of carbonyl (C=O) groups excluding carboxylic acids is 1. The molecule has 132 valence electrons. The van der Waals surface area contributed by atoms with Gasteiger partial charge in [-0.2, -0.15) is 13.2 Å². The number of alkyl halides is 3. The molecule has 1 atom stereocenters. The topological polar surface area (TPSA) is 26.3 Å². The molecule has 0 aromatic carbocycles. The van der Waals surface area contributed by atoms with Gasteiger partial charge in [0.2, 0.25) is 0 Å². The molecule has 22 heavy (non-hydrogen) atoms. The van der Waals surface area contributed by atoms with Crippen LogP contribution < -0.4 is 0 Å². The highest BCUT2D eigenvalue weighted by Crippen LogP contribution is 2.25. The van der Waals surface area contributed by atoms with Crippen LogP contribution in [0.1, 0.15) is 65.7 Å². The van der Waals surface area contributed by atoms with Gasteiger partial charge < -0.3 is 4.74 Å². The Bertz CT molecular complexity index is 294. The van der Waals surface area contributed by atoms with E-state index in [0.29, 0.717) is 31.1 Å². The Morgan fingerprint density at radius 3 is 2.36 bits per heavy atom. The number of carbonyl (C=O) groups is 1. The molecule has 0 saturated heterocycles. The van der Waals surface area contributed by atoms with Gasteiger partial charge >= 0.3 is 12.1 Å². The number of rotatable bonds is 12. The molecule has 0 fully saturated rings. The molecule has 0 N–H and O–H groups in total. The number of unbranched alkanes of at least 4 members (excludes halogenated alkanes) is 3. The van der Waals surface area contributed by atoms with Gasteiger partial charge in [0.25, 0.3) is 0 Å². The molecular formula is C16H29F3O2S. The van der Waals surface area contributed by atoms with E-state index in [2.05, 4.69) is 13.8 Å². The fourth-order valence-electron chi connectivity index (χ4n) is 1.90. The second-order valence-electron chi connectivity index (χ2n) is 5.94. The lowest BCUT2D eigenvalue weighted by molar-refractivity contribution is -0.143. The van der Waals surface area contributed by atoms with Crippen LogP contribution in [0.2, 0.25) is 0 Å². The Morgan fingerprint density at radius 1 is 1.14 bits per heavy atom. The molecule has 0 saturated carbocycles. The van der Waals surface area contributed by atoms with Gasteiger partial charge in [0.1, 0.15) is 5.25 Å². The van der Waals surface area contributed by atoms with Crippen molar-refractivity contribution < 1.29 is 22.7 Å². The number of thioether (sulfide) groups is 1. The zero-order valence-electron chi connectivity index (χ0n) is 13.9. The van der Waals surface area contributed by atoms with Crippen LogP contribution in [-0.4, -0.2) is 29.8 Å². The predicted molar refractivity (Wildman–Crippen MR) is 86.1 cm³/mol. The molecule has 0 amide bonds. The van der Waals surface area contributed by atoms with E-state index in [0.717, 1.165) is 19.3 Å². The van der Waals surface area contributed by atoms with Crippen LogP contribution in [0.25, 0.3) is 0 Å². The molecule has 0 spiro atoms. The number of hydrogen-bond acceptors (Lipinski definition) is 3. The maximum Gasteiger partial charge on any atom is 0.389 e. The van der Waals surface area contributed by atoms with Gasteiger partial charge in [-0.05, 0) is 37.4 Å². The lowest BCUT2D eigenvalue weighted by atomic mass is 10.1. The van der Waals surface area contributed by atoms with Crippen molar-refractivity contribution in [2.24, 2.45) is 5.92 Å². The first-order valence-corrected chi connectivity index (χ1v) is 9.16. The summed E-state index contributed by atoms with van der Waals surface area (Å²) < 4.78 is 41.3. The summed E-state index contributed by atoms with van der Waals surface area (Å²) in [6, 6.07) is 0. The zero-order chi connectivity index (χ0) is 17.0. The summed E-state index contributed by atoms with van der Waals surface area (Å²) in [5, 5.41) is -0.195. The molecule has 2 nitrogen and oxygen atoms in total. The van der Waals surface area contributed by atoms with Crippen molar-refractivity contribution in [3.05, 3.63) is 0 Å². The SMILES string of the molecule is CCCCOC(=O)C(CC(C)C)SCCCCCC(F)(F)F. The minimum atomic E-state index is -4.06. The largest absolute Gasteiger partial charge is 0.465 e. The number of esters is 1. The van der Waals surface area contributed by atoms with Crippen molar-refractivity contribution >= 4 is 17.7 Å². The van der Waals surface area contributed by atoms with Crippen LogP contribution in [0.3, 0.4) is 0 Å². The number of ether oxygens (including phenoxy) is 1. The third-order valence-electron chi connectivity index (χ3n) is 3.11. The van der Waals surface area contributed by atoms with E-state index in [4.69, 9.17) is 4.74 Å². The molecule has 0 aliphatic heterocycles. The lowest BCUT2D eigenvalue weighted by Gasteiger charge is -2.17. The minimum Gasteiger partial charge on any atom is -0.465 e. The summed E-state index contributed by atoms with van der Waals surface area (Å²) in [6.45, 7) is 6.59. The third kappa shape index (κ3) is 13.3. The van der Waals surface area contributed by atoms with Gasteiger partial charge in [0.15, 0.2) is 0 Å². The first kappa shape index (κ1) is 21.6. The highest BCUT2D eigenvalue weighted by Gasteiger charge is 2.26. The van der Waals surface area contributed by atoms with E-state index in [-0.39, 0.29) is 17.6 Å². The fraction of sp³-hybridized carbons (Fsp3) is 0.938. The van der Waals surface area contributed by atoms with Crippen LogP contribution in [-0.2, 0) is 9.53 Å². The van der Waals surface area contributed by atoms with Gasteiger partial charge in [-0.15, -0.1) is 11.8 Å². The van der Waals surface area contributed by atoms with Gasteiger partial charge in [-0.3, -0.25) is 4.79 Å². The van der Waals surface area contributed by atoms with E-state index in [1.165, 1.54) is 11.8 Å². The van der Waals surface area contributed by atoms with Crippen molar-refractivity contribution in [3.63, 3.8) is 0 Å². The van der Waals surface area contributed by atoms with E-state index in [1.807, 2.05) is 6.92 Å². The monoisotopic (exact) mass is 342 g/mol. The summed E-state index contributed by atoms with van der Waals surface area (Å²) in [6.07, 6.45) is -0.763. The van der Waals surface area contributed by atoms with E-state index in [1.54, 1.807) is 0 Å². The fourth-order valence-corrected chi connectivity index (χ4v) is 3.28. The molecule has 0 heterocycles. The second kappa shape index (κ2) is 12.1. The first-order valence-electron chi connectivity index (χ1n) is 8.11. The zero-order valence-corrected chi connectivity index (χ0v) is 14.7. The van der Waals surface area contributed by atoms with Crippen molar-refractivity contribution in [1.82, 2.24) is 0 Å². The molecule has 0 rings (SSSR count). The van der Waals surface area contributed by atoms with E-state index >= 15 is 0 Å². The van der Waals surface area contributed by atoms with Gasteiger partial charge in [0, 0.05) is 6.42 Å². The Hall–Kier alpha value is -0.390. The third-order valence-corrected chi connectivity index (χ3v) is 4.43. The summed E-state index contributed by atoms with van der Waals surface area (Å²) in [4.78, 5) is 12.0. The molecule has 0 aliphatic carbocycles. The molecule has 0 aliphatic rings. The van der Waals surface area contributed by atoms with Crippen LogP contribution in [0.4, 0.5) is 13.2 Å². The molecule has 6 heteroatoms. The van der Waals surface area contributed by atoms with E-state index in [9.17, 15) is 18.0 Å². The van der Waals surface area contributed by atoms with Gasteiger partial charge in [-0.25, -0.2) is 0 Å². The normalized spacial score (nSPS) is 13.4. The summed E-state index contributed by atoms with van der Waals surface area (Å²) in [7, 11) is 0. The van der Waals surface area contributed by atoms with Crippen molar-refractivity contribution in [1.29, 1.82) is 0 Å². The molecule has 1 unspecified atom stereocenters. The average molecular weight is 342 g/mol. The molecule has 0 bridgehead atoms. The van der Waals surface area contributed by atoms with Crippen LogP contribution >= 0.6 is 11.8 Å². The lowest BCUT2D eigenvalue weighted by Crippen LogP contribution is -2.23. The maximum atomic E-state index is 12.0. The Balaban J connectivity index is 3.96.